The third kappa shape index (κ3) is 5.04. The Morgan fingerprint density at radius 2 is 0.909 bits per heavy atom. The first kappa shape index (κ1) is 30.9. The van der Waals surface area contributed by atoms with Gasteiger partial charge in [0.25, 0.3) is 0 Å². The first-order chi connectivity index (χ1) is 27.3. The SMILES string of the molecule is c1ccc(-c2nc(-c3ccccc3)nc(-c3nc(-n4c5ccccc5c5ccc6c(ccn6-c6ccccc6)c54)nc4ccn(-c5ccccc5)c34)n2)cc1. The first-order valence-electron chi connectivity index (χ1n) is 18.2. The molecule has 11 aromatic rings. The lowest BCUT2D eigenvalue weighted by Crippen LogP contribution is -2.07. The highest BCUT2D eigenvalue weighted by Crippen LogP contribution is 2.38. The fraction of sp³-hybridized carbons (Fsp3) is 0. The zero-order chi connectivity index (χ0) is 36.3. The van der Waals surface area contributed by atoms with Crippen molar-refractivity contribution in [2.45, 2.75) is 0 Å². The minimum absolute atomic E-state index is 0.457. The Morgan fingerprint density at radius 3 is 1.58 bits per heavy atom. The summed E-state index contributed by atoms with van der Waals surface area (Å²) in [7, 11) is 0. The zero-order valence-electron chi connectivity index (χ0n) is 29.4. The number of nitrogens with zero attached hydrogens (tertiary/aromatic N) is 8. The molecule has 0 atom stereocenters. The molecular weight excluding hydrogens is 677 g/mol. The molecule has 0 bridgehead atoms. The van der Waals surface area contributed by atoms with Gasteiger partial charge in [-0.2, -0.15) is 0 Å². The Labute approximate surface area is 315 Å². The van der Waals surface area contributed by atoms with Gasteiger partial charge in [0, 0.05) is 51.1 Å². The van der Waals surface area contributed by atoms with E-state index in [1.807, 2.05) is 97.2 Å². The maximum absolute atomic E-state index is 5.49. The summed E-state index contributed by atoms with van der Waals surface area (Å²) in [5.41, 5.74) is 9.17. The summed E-state index contributed by atoms with van der Waals surface area (Å²) in [6, 6.07) is 57.8. The third-order valence-electron chi connectivity index (χ3n) is 10.2. The molecule has 0 radical (unpaired) electrons. The summed E-state index contributed by atoms with van der Waals surface area (Å²) in [6.07, 6.45) is 4.18. The largest absolute Gasteiger partial charge is 0.316 e. The van der Waals surface area contributed by atoms with Crippen LogP contribution in [0.1, 0.15) is 0 Å². The van der Waals surface area contributed by atoms with E-state index >= 15 is 0 Å². The quantitative estimate of drug-likeness (QED) is 0.172. The molecule has 55 heavy (non-hydrogen) atoms. The normalized spacial score (nSPS) is 11.6. The van der Waals surface area contributed by atoms with E-state index in [4.69, 9.17) is 24.9 Å². The van der Waals surface area contributed by atoms with E-state index in [-0.39, 0.29) is 0 Å². The van der Waals surface area contributed by atoms with Gasteiger partial charge >= 0.3 is 0 Å². The van der Waals surface area contributed by atoms with Gasteiger partial charge in [0.1, 0.15) is 11.2 Å². The van der Waals surface area contributed by atoms with Crippen LogP contribution >= 0.6 is 0 Å². The molecule has 5 heterocycles. The molecule has 0 spiro atoms. The summed E-state index contributed by atoms with van der Waals surface area (Å²) in [5, 5.41) is 3.35. The molecule has 0 amide bonds. The smallest absolute Gasteiger partial charge is 0.236 e. The average Bonchev–Trinajstić information content (AvgIpc) is 3.99. The van der Waals surface area contributed by atoms with Crippen molar-refractivity contribution in [3.05, 3.63) is 182 Å². The van der Waals surface area contributed by atoms with Crippen LogP contribution < -0.4 is 0 Å². The van der Waals surface area contributed by atoms with Gasteiger partial charge in [-0.3, -0.25) is 4.57 Å². The van der Waals surface area contributed by atoms with Crippen LogP contribution in [0, 0.1) is 0 Å². The summed E-state index contributed by atoms with van der Waals surface area (Å²) in [4.78, 5) is 26.1. The third-order valence-corrected chi connectivity index (χ3v) is 10.2. The van der Waals surface area contributed by atoms with Gasteiger partial charge < -0.3 is 9.13 Å². The molecule has 0 saturated carbocycles. The van der Waals surface area contributed by atoms with Crippen LogP contribution in [0.15, 0.2) is 182 Å². The second-order valence-electron chi connectivity index (χ2n) is 13.4. The second-order valence-corrected chi connectivity index (χ2v) is 13.4. The van der Waals surface area contributed by atoms with Crippen LogP contribution in [-0.2, 0) is 0 Å². The summed E-state index contributed by atoms with van der Waals surface area (Å²) >= 11 is 0. The Hall–Kier alpha value is -7.71. The summed E-state index contributed by atoms with van der Waals surface area (Å²) in [6.45, 7) is 0. The summed E-state index contributed by atoms with van der Waals surface area (Å²) in [5.74, 6) is 2.12. The van der Waals surface area contributed by atoms with E-state index in [2.05, 4.69) is 98.8 Å². The van der Waals surface area contributed by atoms with Gasteiger partial charge in [0.2, 0.25) is 5.95 Å². The van der Waals surface area contributed by atoms with E-state index in [1.165, 1.54) is 0 Å². The summed E-state index contributed by atoms with van der Waals surface area (Å²) < 4.78 is 6.54. The number of rotatable bonds is 6. The molecule has 0 aliphatic rings. The van der Waals surface area contributed by atoms with Crippen molar-refractivity contribution >= 4 is 43.7 Å². The Kier molecular flexibility index (Phi) is 6.99. The molecule has 5 aromatic heterocycles. The van der Waals surface area contributed by atoms with Crippen LogP contribution in [0.2, 0.25) is 0 Å². The van der Waals surface area contributed by atoms with Gasteiger partial charge in [-0.25, -0.2) is 24.9 Å². The lowest BCUT2D eigenvalue weighted by molar-refractivity contribution is 0.989. The number of hydrogen-bond acceptors (Lipinski definition) is 5. The molecule has 0 fully saturated rings. The number of hydrogen-bond donors (Lipinski definition) is 0. The number of para-hydroxylation sites is 3. The van der Waals surface area contributed by atoms with E-state index < -0.39 is 0 Å². The molecule has 8 heteroatoms. The Balaban J connectivity index is 1.24. The highest BCUT2D eigenvalue weighted by atomic mass is 15.2. The Morgan fingerprint density at radius 1 is 0.345 bits per heavy atom. The standard InChI is InChI=1S/C47H30N8/c1-5-15-31(16-6-1)44-50-45(32-17-7-2-8-18-32)52-46(51-44)41-43-38(28-30-54(43)34-21-11-4-12-22-34)48-47(49-41)55-40-24-14-13-23-35(40)36-25-26-39-37(42(36)55)27-29-53(39)33-19-9-3-10-20-33/h1-30H. The van der Waals surface area contributed by atoms with Gasteiger partial charge in [0.15, 0.2) is 17.5 Å². The minimum Gasteiger partial charge on any atom is -0.316 e. The van der Waals surface area contributed by atoms with Crippen LogP contribution in [-0.4, -0.2) is 38.6 Å². The van der Waals surface area contributed by atoms with E-state index in [0.29, 0.717) is 29.1 Å². The highest BCUT2D eigenvalue weighted by Gasteiger charge is 2.24. The predicted octanol–water partition coefficient (Wildman–Crippen LogP) is 10.6. The fourth-order valence-electron chi connectivity index (χ4n) is 7.71. The van der Waals surface area contributed by atoms with Crippen molar-refractivity contribution in [1.29, 1.82) is 0 Å². The minimum atomic E-state index is 0.457. The van der Waals surface area contributed by atoms with Crippen molar-refractivity contribution in [3.8, 4) is 51.6 Å². The predicted molar refractivity (Wildman–Crippen MR) is 220 cm³/mol. The molecule has 258 valence electrons. The van der Waals surface area contributed by atoms with Crippen molar-refractivity contribution in [2.75, 3.05) is 0 Å². The number of aromatic nitrogens is 8. The molecule has 0 unspecified atom stereocenters. The zero-order valence-corrected chi connectivity index (χ0v) is 29.4. The molecule has 0 N–H and O–H groups in total. The maximum atomic E-state index is 5.49. The van der Waals surface area contributed by atoms with Crippen molar-refractivity contribution in [1.82, 2.24) is 38.6 Å². The molecule has 0 saturated heterocycles. The molecule has 6 aromatic carbocycles. The fourth-order valence-corrected chi connectivity index (χ4v) is 7.71. The van der Waals surface area contributed by atoms with Crippen LogP contribution in [0.3, 0.4) is 0 Å². The van der Waals surface area contributed by atoms with E-state index in [1.54, 1.807) is 0 Å². The van der Waals surface area contributed by atoms with Gasteiger partial charge in [-0.05, 0) is 48.5 Å². The average molecular weight is 707 g/mol. The molecule has 0 aliphatic heterocycles. The topological polar surface area (TPSA) is 79.2 Å². The second kappa shape index (κ2) is 12.5. The lowest BCUT2D eigenvalue weighted by Gasteiger charge is -2.14. The van der Waals surface area contributed by atoms with Gasteiger partial charge in [-0.1, -0.05) is 121 Å². The number of fused-ring (bicyclic) bond motifs is 6. The monoisotopic (exact) mass is 706 g/mol. The van der Waals surface area contributed by atoms with Crippen molar-refractivity contribution in [3.63, 3.8) is 0 Å². The Bertz CT molecular complexity index is 3130. The van der Waals surface area contributed by atoms with E-state index in [9.17, 15) is 0 Å². The molecule has 11 rings (SSSR count). The van der Waals surface area contributed by atoms with Crippen LogP contribution in [0.4, 0.5) is 0 Å². The highest BCUT2D eigenvalue weighted by molar-refractivity contribution is 6.18. The first-order valence-corrected chi connectivity index (χ1v) is 18.2. The number of benzene rings is 6. The molecule has 0 aliphatic carbocycles. The molecular formula is C47H30N8. The van der Waals surface area contributed by atoms with Crippen LogP contribution in [0.5, 0.6) is 0 Å². The van der Waals surface area contributed by atoms with Gasteiger partial charge in [-0.15, -0.1) is 0 Å². The van der Waals surface area contributed by atoms with E-state index in [0.717, 1.165) is 66.2 Å². The van der Waals surface area contributed by atoms with Crippen molar-refractivity contribution in [2.24, 2.45) is 0 Å². The maximum Gasteiger partial charge on any atom is 0.236 e. The molecule has 8 nitrogen and oxygen atoms in total. The van der Waals surface area contributed by atoms with Gasteiger partial charge in [0.05, 0.1) is 22.1 Å². The lowest BCUT2D eigenvalue weighted by atomic mass is 10.1. The van der Waals surface area contributed by atoms with Crippen molar-refractivity contribution < 1.29 is 0 Å². The van der Waals surface area contributed by atoms with Crippen LogP contribution in [0.25, 0.3) is 95.4 Å².